The quantitative estimate of drug-likeness (QED) is 0.250. The number of aromatic nitrogens is 4. The number of rotatable bonds is 10. The molecule has 0 bridgehead atoms. The molecule has 2 fully saturated rings. The molecule has 1 aromatic carbocycles. The van der Waals surface area contributed by atoms with Crippen molar-refractivity contribution in [2.24, 2.45) is 0 Å². The molecule has 0 spiro atoms. The van der Waals surface area contributed by atoms with Crippen molar-refractivity contribution in [2.75, 3.05) is 27.3 Å². The molecule has 48 heavy (non-hydrogen) atoms. The predicted octanol–water partition coefficient (Wildman–Crippen LogP) is 4.29. The van der Waals surface area contributed by atoms with Gasteiger partial charge in [-0.3, -0.25) is 9.59 Å². The van der Waals surface area contributed by atoms with Gasteiger partial charge in [0.1, 0.15) is 23.7 Å². The van der Waals surface area contributed by atoms with Gasteiger partial charge in [-0.1, -0.05) is 36.4 Å². The summed E-state index contributed by atoms with van der Waals surface area (Å²) in [6, 6.07) is 6.31. The predicted molar refractivity (Wildman–Crippen MR) is 179 cm³/mol. The summed E-state index contributed by atoms with van der Waals surface area (Å²) >= 11 is 0. The van der Waals surface area contributed by atoms with E-state index in [0.717, 1.165) is 48.2 Å². The SMILES string of the molecule is COC(=O)N[C@@H](C)C(=O)N1CCC[C@H]1c1ncc(C=Cc2ccc(C=Cc3cnc([C@@H]4CCCN4C(=O)[C@H](C)NC(=O)OC)[nH]3)cc2)[nH]1. The minimum absolute atomic E-state index is 0.174. The molecular formula is C34H42N8O6. The largest absolute Gasteiger partial charge is 0.453 e. The molecule has 0 radical (unpaired) electrons. The Bertz CT molecular complexity index is 1540. The smallest absolute Gasteiger partial charge is 0.407 e. The number of methoxy groups -OCH3 is 2. The van der Waals surface area contributed by atoms with Gasteiger partial charge in [-0.15, -0.1) is 0 Å². The van der Waals surface area contributed by atoms with Crippen molar-refractivity contribution in [3.05, 3.63) is 70.8 Å². The van der Waals surface area contributed by atoms with Gasteiger partial charge in [-0.25, -0.2) is 19.6 Å². The molecule has 0 unspecified atom stereocenters. The molecule has 3 aromatic rings. The number of amides is 4. The molecule has 2 aliphatic rings. The van der Waals surface area contributed by atoms with Crippen LogP contribution in [0.15, 0.2) is 36.7 Å². The summed E-state index contributed by atoms with van der Waals surface area (Å²) in [4.78, 5) is 68.3. The van der Waals surface area contributed by atoms with Crippen LogP contribution < -0.4 is 10.6 Å². The van der Waals surface area contributed by atoms with Gasteiger partial charge in [0.2, 0.25) is 11.8 Å². The number of ether oxygens (including phenoxy) is 2. The highest BCUT2D eigenvalue weighted by atomic mass is 16.5. The number of benzene rings is 1. The molecule has 4 N–H and O–H groups in total. The summed E-state index contributed by atoms with van der Waals surface area (Å²) in [5.74, 6) is 1.08. The van der Waals surface area contributed by atoms with Crippen molar-refractivity contribution < 1.29 is 28.7 Å². The number of carbonyl (C=O) groups is 4. The third-order valence-electron chi connectivity index (χ3n) is 8.56. The highest BCUT2D eigenvalue weighted by Gasteiger charge is 2.36. The Morgan fingerprint density at radius 1 is 0.729 bits per heavy atom. The van der Waals surface area contributed by atoms with Crippen LogP contribution in [0.4, 0.5) is 9.59 Å². The van der Waals surface area contributed by atoms with Gasteiger partial charge in [0.15, 0.2) is 0 Å². The second-order valence-corrected chi connectivity index (χ2v) is 11.9. The average molecular weight is 659 g/mol. The lowest BCUT2D eigenvalue weighted by atomic mass is 10.1. The Labute approximate surface area is 279 Å². The van der Waals surface area contributed by atoms with Gasteiger partial charge >= 0.3 is 12.2 Å². The Morgan fingerprint density at radius 3 is 1.50 bits per heavy atom. The highest BCUT2D eigenvalue weighted by Crippen LogP contribution is 2.32. The van der Waals surface area contributed by atoms with Crippen LogP contribution in [0.2, 0.25) is 0 Å². The zero-order chi connectivity index (χ0) is 34.2. The topological polar surface area (TPSA) is 175 Å². The van der Waals surface area contributed by atoms with Crippen LogP contribution in [0.3, 0.4) is 0 Å². The van der Waals surface area contributed by atoms with Gasteiger partial charge in [-0.2, -0.15) is 0 Å². The van der Waals surface area contributed by atoms with E-state index in [4.69, 9.17) is 0 Å². The van der Waals surface area contributed by atoms with E-state index in [2.05, 4.69) is 40.0 Å². The van der Waals surface area contributed by atoms with E-state index in [0.29, 0.717) is 24.7 Å². The van der Waals surface area contributed by atoms with Crippen molar-refractivity contribution in [1.29, 1.82) is 0 Å². The maximum atomic E-state index is 13.0. The van der Waals surface area contributed by atoms with Crippen LogP contribution in [0.5, 0.6) is 0 Å². The molecule has 2 aliphatic heterocycles. The van der Waals surface area contributed by atoms with E-state index in [9.17, 15) is 19.2 Å². The summed E-state index contributed by atoms with van der Waals surface area (Å²) in [7, 11) is 2.53. The van der Waals surface area contributed by atoms with E-state index in [1.54, 1.807) is 36.0 Å². The number of H-pyrrole nitrogens is 2. The van der Waals surface area contributed by atoms with E-state index in [1.165, 1.54) is 14.2 Å². The Morgan fingerprint density at radius 2 is 1.12 bits per heavy atom. The van der Waals surface area contributed by atoms with Gasteiger partial charge in [-0.05, 0) is 62.8 Å². The van der Waals surface area contributed by atoms with Gasteiger partial charge in [0.05, 0.1) is 50.1 Å². The lowest BCUT2D eigenvalue weighted by Gasteiger charge is -2.26. The first kappa shape index (κ1) is 33.9. The molecule has 14 heteroatoms. The molecule has 254 valence electrons. The number of nitrogens with zero attached hydrogens (tertiary/aromatic N) is 4. The number of carbonyl (C=O) groups excluding carboxylic acids is 4. The van der Waals surface area contributed by atoms with Crippen LogP contribution in [0.1, 0.15) is 85.8 Å². The standard InChI is InChI=1S/C34H42N8O6/c1-21(37-33(45)47-3)31(43)41-17-5-7-27(41)29-35-19-25(39-29)15-13-23-9-11-24(12-10-23)14-16-26-20-36-30(40-26)28-8-6-18-42(28)32(44)22(2)38-34(46)48-4/h9-16,19-22,27-28H,5-8,17-18H2,1-4H3,(H,35,39)(H,36,40)(H,37,45)(H,38,46)/t21-,22-,27-,28-/m0/s1. The maximum absolute atomic E-state index is 13.0. The molecule has 0 saturated carbocycles. The minimum atomic E-state index is -0.699. The van der Waals surface area contributed by atoms with Crippen LogP contribution >= 0.6 is 0 Å². The summed E-state index contributed by atoms with van der Waals surface area (Å²) in [5.41, 5.74) is 3.66. The van der Waals surface area contributed by atoms with Crippen molar-refractivity contribution in [2.45, 2.75) is 63.7 Å². The minimum Gasteiger partial charge on any atom is -0.453 e. The summed E-state index contributed by atoms with van der Waals surface area (Å²) in [6.07, 6.45) is 13.4. The highest BCUT2D eigenvalue weighted by molar-refractivity contribution is 5.86. The van der Waals surface area contributed by atoms with Crippen LogP contribution in [0.25, 0.3) is 24.3 Å². The number of hydrogen-bond donors (Lipinski definition) is 4. The normalized spacial score (nSPS) is 19.1. The third-order valence-corrected chi connectivity index (χ3v) is 8.56. The molecular weight excluding hydrogens is 616 g/mol. The maximum Gasteiger partial charge on any atom is 0.407 e. The third kappa shape index (κ3) is 8.11. The summed E-state index contributed by atoms with van der Waals surface area (Å²) in [6.45, 7) is 4.49. The van der Waals surface area contributed by atoms with E-state index in [1.807, 2.05) is 48.6 Å². The second-order valence-electron chi connectivity index (χ2n) is 11.9. The molecule has 2 saturated heterocycles. The molecule has 4 amide bonds. The molecule has 4 heterocycles. The van der Waals surface area contributed by atoms with Crippen LogP contribution in [0, 0.1) is 0 Å². The van der Waals surface area contributed by atoms with E-state index >= 15 is 0 Å². The monoisotopic (exact) mass is 658 g/mol. The van der Waals surface area contributed by atoms with Crippen molar-refractivity contribution in [3.8, 4) is 0 Å². The Balaban J connectivity index is 1.16. The molecule has 2 aromatic heterocycles. The number of nitrogens with one attached hydrogen (secondary N) is 4. The Hall–Kier alpha value is -5.40. The zero-order valence-electron chi connectivity index (χ0n) is 27.6. The number of alkyl carbamates (subject to hydrolysis) is 2. The molecule has 4 atom stereocenters. The summed E-state index contributed by atoms with van der Waals surface area (Å²) in [5, 5.41) is 5.08. The second kappa shape index (κ2) is 15.5. The lowest BCUT2D eigenvalue weighted by Crippen LogP contribution is -2.46. The number of hydrogen-bond acceptors (Lipinski definition) is 8. The van der Waals surface area contributed by atoms with Crippen LogP contribution in [-0.2, 0) is 19.1 Å². The molecule has 14 nitrogen and oxygen atoms in total. The van der Waals surface area contributed by atoms with Crippen molar-refractivity contribution >= 4 is 48.3 Å². The molecule has 5 rings (SSSR count). The number of imidazole rings is 2. The van der Waals surface area contributed by atoms with E-state index in [-0.39, 0.29) is 23.9 Å². The molecule has 0 aliphatic carbocycles. The average Bonchev–Trinajstić information content (AvgIpc) is 3.92. The Kier molecular flexibility index (Phi) is 10.9. The van der Waals surface area contributed by atoms with Gasteiger partial charge < -0.3 is 39.9 Å². The fraction of sp³-hybridized carbons (Fsp3) is 0.412. The summed E-state index contributed by atoms with van der Waals surface area (Å²) < 4.78 is 9.23. The van der Waals surface area contributed by atoms with E-state index < -0.39 is 24.3 Å². The number of aromatic amines is 2. The fourth-order valence-corrected chi connectivity index (χ4v) is 6.02. The van der Waals surface area contributed by atoms with Gasteiger partial charge in [0, 0.05) is 13.1 Å². The van der Waals surface area contributed by atoms with Crippen LogP contribution in [-0.4, -0.2) is 93.1 Å². The number of likely N-dealkylation sites (tertiary alicyclic amines) is 2. The first-order valence-corrected chi connectivity index (χ1v) is 16.0. The first-order chi connectivity index (χ1) is 23.2. The fourth-order valence-electron chi connectivity index (χ4n) is 6.02. The van der Waals surface area contributed by atoms with Crippen molar-refractivity contribution in [1.82, 2.24) is 40.4 Å². The van der Waals surface area contributed by atoms with Crippen molar-refractivity contribution in [3.63, 3.8) is 0 Å². The lowest BCUT2D eigenvalue weighted by molar-refractivity contribution is -0.134. The zero-order valence-corrected chi connectivity index (χ0v) is 27.6. The first-order valence-electron chi connectivity index (χ1n) is 16.0. The van der Waals surface area contributed by atoms with Gasteiger partial charge in [0.25, 0.3) is 0 Å².